The van der Waals surface area contributed by atoms with Crippen LogP contribution in [0.2, 0.25) is 0 Å². The third-order valence-corrected chi connectivity index (χ3v) is 3.87. The molecule has 1 heterocycles. The van der Waals surface area contributed by atoms with Gasteiger partial charge >= 0.3 is 0 Å². The number of aliphatic imine (C=N–C) groups is 1. The molecule has 0 aromatic rings. The second kappa shape index (κ2) is 14.3. The first-order chi connectivity index (χ1) is 10.7. The normalized spacial score (nSPS) is 19.0. The van der Waals surface area contributed by atoms with Gasteiger partial charge in [-0.05, 0) is 45.6 Å². The lowest BCUT2D eigenvalue weighted by atomic mass is 10.2. The molecule has 138 valence electrons. The van der Waals surface area contributed by atoms with Crippen molar-refractivity contribution in [1.82, 2.24) is 15.5 Å². The molecule has 0 spiro atoms. The number of ether oxygens (including phenoxy) is 1. The van der Waals surface area contributed by atoms with Gasteiger partial charge in [-0.25, -0.2) is 0 Å². The number of guanidine groups is 1. The molecule has 1 aliphatic rings. The van der Waals surface area contributed by atoms with Crippen LogP contribution in [0.15, 0.2) is 4.99 Å². The van der Waals surface area contributed by atoms with E-state index in [-0.39, 0.29) is 24.0 Å². The first-order valence-electron chi connectivity index (χ1n) is 9.01. The molecule has 5 nitrogen and oxygen atoms in total. The topological polar surface area (TPSA) is 48.9 Å². The Labute approximate surface area is 160 Å². The first-order valence-corrected chi connectivity index (χ1v) is 9.01. The van der Waals surface area contributed by atoms with Gasteiger partial charge < -0.3 is 15.4 Å². The minimum atomic E-state index is 0. The average Bonchev–Trinajstić information content (AvgIpc) is 2.91. The van der Waals surface area contributed by atoms with Crippen LogP contribution in [-0.4, -0.2) is 62.8 Å². The van der Waals surface area contributed by atoms with E-state index in [2.05, 4.69) is 36.3 Å². The lowest BCUT2D eigenvalue weighted by Gasteiger charge is -2.25. The second-order valence-corrected chi connectivity index (χ2v) is 6.38. The van der Waals surface area contributed by atoms with Crippen molar-refractivity contribution in [2.75, 3.05) is 45.9 Å². The van der Waals surface area contributed by atoms with Crippen molar-refractivity contribution in [2.24, 2.45) is 10.9 Å². The summed E-state index contributed by atoms with van der Waals surface area (Å²) in [5, 5.41) is 6.73. The molecular weight excluding hydrogens is 403 g/mol. The highest BCUT2D eigenvalue weighted by molar-refractivity contribution is 14.0. The molecule has 1 rings (SSSR count). The van der Waals surface area contributed by atoms with Crippen LogP contribution in [0.3, 0.4) is 0 Å². The summed E-state index contributed by atoms with van der Waals surface area (Å²) in [6.45, 7) is 15.5. The van der Waals surface area contributed by atoms with Crippen molar-refractivity contribution in [3.8, 4) is 0 Å². The van der Waals surface area contributed by atoms with Crippen molar-refractivity contribution >= 4 is 29.9 Å². The molecule has 1 saturated heterocycles. The standard InChI is InChI=1S/C17H36N4O.HI/c1-5-18-17(19-10-8-12-22-6-2)20-13-16-9-7-11-21(16)14-15(3)4;/h15-16H,5-14H2,1-4H3,(H2,18,19,20);1H/t16-;/m1./s1. The largest absolute Gasteiger partial charge is 0.382 e. The first kappa shape index (κ1) is 22.9. The number of hydrogen-bond donors (Lipinski definition) is 2. The predicted octanol–water partition coefficient (Wildman–Crippen LogP) is 2.71. The summed E-state index contributed by atoms with van der Waals surface area (Å²) < 4.78 is 5.36. The number of nitrogens with zero attached hydrogens (tertiary/aromatic N) is 2. The van der Waals surface area contributed by atoms with E-state index in [1.165, 1.54) is 25.9 Å². The Morgan fingerprint density at radius 1 is 1.30 bits per heavy atom. The number of likely N-dealkylation sites (tertiary alicyclic amines) is 1. The van der Waals surface area contributed by atoms with E-state index in [0.29, 0.717) is 6.04 Å². The number of nitrogens with one attached hydrogen (secondary N) is 2. The summed E-state index contributed by atoms with van der Waals surface area (Å²) in [6, 6.07) is 0.612. The summed E-state index contributed by atoms with van der Waals surface area (Å²) in [5.41, 5.74) is 0. The molecule has 0 aromatic carbocycles. The highest BCUT2D eigenvalue weighted by atomic mass is 127. The van der Waals surface area contributed by atoms with E-state index in [0.717, 1.165) is 51.1 Å². The lowest BCUT2D eigenvalue weighted by molar-refractivity contribution is 0.145. The zero-order valence-electron chi connectivity index (χ0n) is 15.4. The maximum Gasteiger partial charge on any atom is 0.191 e. The molecule has 0 aromatic heterocycles. The van der Waals surface area contributed by atoms with Gasteiger partial charge in [-0.3, -0.25) is 9.89 Å². The molecule has 23 heavy (non-hydrogen) atoms. The Morgan fingerprint density at radius 3 is 2.74 bits per heavy atom. The summed E-state index contributed by atoms with van der Waals surface area (Å²) in [6.07, 6.45) is 3.60. The fraction of sp³-hybridized carbons (Fsp3) is 0.941. The quantitative estimate of drug-likeness (QED) is 0.237. The lowest BCUT2D eigenvalue weighted by Crippen LogP contribution is -2.40. The zero-order valence-corrected chi connectivity index (χ0v) is 17.8. The van der Waals surface area contributed by atoms with Crippen LogP contribution < -0.4 is 10.6 Å². The highest BCUT2D eigenvalue weighted by Crippen LogP contribution is 2.18. The van der Waals surface area contributed by atoms with E-state index >= 15 is 0 Å². The van der Waals surface area contributed by atoms with Crippen molar-refractivity contribution in [1.29, 1.82) is 0 Å². The summed E-state index contributed by atoms with van der Waals surface area (Å²) in [4.78, 5) is 7.39. The van der Waals surface area contributed by atoms with Gasteiger partial charge in [0.25, 0.3) is 0 Å². The van der Waals surface area contributed by atoms with E-state index < -0.39 is 0 Å². The van der Waals surface area contributed by atoms with Gasteiger partial charge in [0.1, 0.15) is 0 Å². The Bertz CT molecular complexity index is 313. The molecule has 2 N–H and O–H groups in total. The minimum absolute atomic E-state index is 0. The van der Waals surface area contributed by atoms with Gasteiger partial charge in [-0.15, -0.1) is 24.0 Å². The SMILES string of the molecule is CCNC(=NC[C@H]1CCCN1CC(C)C)NCCCOCC.I. The van der Waals surface area contributed by atoms with E-state index in [9.17, 15) is 0 Å². The molecule has 1 aliphatic heterocycles. The van der Waals surface area contributed by atoms with Gasteiger partial charge in [-0.2, -0.15) is 0 Å². The minimum Gasteiger partial charge on any atom is -0.382 e. The molecule has 1 fully saturated rings. The third kappa shape index (κ3) is 10.4. The molecule has 0 saturated carbocycles. The van der Waals surface area contributed by atoms with E-state index in [1.807, 2.05) is 6.92 Å². The molecular formula is C17H37IN4O. The smallest absolute Gasteiger partial charge is 0.191 e. The number of rotatable bonds is 10. The van der Waals surface area contributed by atoms with Gasteiger partial charge in [0.15, 0.2) is 5.96 Å². The molecule has 6 heteroatoms. The van der Waals surface area contributed by atoms with Gasteiger partial charge in [0, 0.05) is 38.9 Å². The molecule has 0 unspecified atom stereocenters. The second-order valence-electron chi connectivity index (χ2n) is 6.38. The summed E-state index contributed by atoms with van der Waals surface area (Å²) in [7, 11) is 0. The molecule has 0 aliphatic carbocycles. The maximum absolute atomic E-state index is 5.36. The van der Waals surface area contributed by atoms with Crippen LogP contribution in [0.5, 0.6) is 0 Å². The third-order valence-electron chi connectivity index (χ3n) is 3.87. The predicted molar refractivity (Wildman–Crippen MR) is 110 cm³/mol. The van der Waals surface area contributed by atoms with Gasteiger partial charge in [-0.1, -0.05) is 13.8 Å². The van der Waals surface area contributed by atoms with E-state index in [4.69, 9.17) is 9.73 Å². The molecule has 0 radical (unpaired) electrons. The number of hydrogen-bond acceptors (Lipinski definition) is 3. The fourth-order valence-electron chi connectivity index (χ4n) is 2.88. The van der Waals surface area contributed by atoms with Crippen LogP contribution in [0.25, 0.3) is 0 Å². The summed E-state index contributed by atoms with van der Waals surface area (Å²) in [5.74, 6) is 1.67. The van der Waals surface area contributed by atoms with Crippen molar-refractivity contribution < 1.29 is 4.74 Å². The van der Waals surface area contributed by atoms with Gasteiger partial charge in [0.2, 0.25) is 0 Å². The Kier molecular flexibility index (Phi) is 14.2. The highest BCUT2D eigenvalue weighted by Gasteiger charge is 2.24. The Hall–Kier alpha value is -0.0800. The van der Waals surface area contributed by atoms with Crippen LogP contribution in [0.1, 0.15) is 47.0 Å². The van der Waals surface area contributed by atoms with Crippen LogP contribution in [-0.2, 0) is 4.74 Å². The molecule has 0 amide bonds. The summed E-state index contributed by atoms with van der Waals surface area (Å²) >= 11 is 0. The number of halogens is 1. The van der Waals surface area contributed by atoms with Gasteiger partial charge in [0.05, 0.1) is 6.54 Å². The van der Waals surface area contributed by atoms with Crippen molar-refractivity contribution in [3.05, 3.63) is 0 Å². The van der Waals surface area contributed by atoms with Crippen molar-refractivity contribution in [2.45, 2.75) is 53.0 Å². The Balaban J connectivity index is 0.00000484. The Morgan fingerprint density at radius 2 is 2.09 bits per heavy atom. The van der Waals surface area contributed by atoms with Crippen molar-refractivity contribution in [3.63, 3.8) is 0 Å². The van der Waals surface area contributed by atoms with Crippen LogP contribution in [0.4, 0.5) is 0 Å². The monoisotopic (exact) mass is 440 g/mol. The van der Waals surface area contributed by atoms with E-state index in [1.54, 1.807) is 0 Å². The average molecular weight is 440 g/mol. The fourth-order valence-corrected chi connectivity index (χ4v) is 2.88. The molecule has 1 atom stereocenters. The van der Waals surface area contributed by atoms with Crippen LogP contribution >= 0.6 is 24.0 Å². The zero-order chi connectivity index (χ0) is 16.2. The maximum atomic E-state index is 5.36. The molecule has 0 bridgehead atoms. The van der Waals surface area contributed by atoms with Crippen LogP contribution in [0, 0.1) is 5.92 Å².